The molecular formula is C8H2ClF5N2O4. The molecule has 0 saturated heterocycles. The predicted octanol–water partition coefficient (Wildman–Crippen LogP) is 3.21. The molecule has 0 aliphatic rings. The molecule has 12 heteroatoms. The summed E-state index contributed by atoms with van der Waals surface area (Å²) >= 11 is 4.88. The van der Waals surface area contributed by atoms with Crippen molar-refractivity contribution in [2.75, 3.05) is 0 Å². The van der Waals surface area contributed by atoms with Crippen LogP contribution < -0.4 is 4.74 Å². The van der Waals surface area contributed by atoms with E-state index >= 15 is 0 Å². The first-order valence-electron chi connectivity index (χ1n) is 4.46. The molecule has 1 aromatic rings. The van der Waals surface area contributed by atoms with E-state index in [1.165, 1.54) is 0 Å². The van der Waals surface area contributed by atoms with E-state index in [-0.39, 0.29) is 6.07 Å². The number of alkyl halides is 5. The Bertz CT molecular complexity index is 563. The van der Waals surface area contributed by atoms with Crippen LogP contribution in [-0.4, -0.2) is 21.5 Å². The zero-order valence-electron chi connectivity index (χ0n) is 8.95. The predicted molar refractivity (Wildman–Crippen MR) is 52.7 cm³/mol. The van der Waals surface area contributed by atoms with Crippen molar-refractivity contribution >= 4 is 22.5 Å². The first-order chi connectivity index (χ1) is 9.03. The molecule has 0 bridgehead atoms. The molecule has 0 unspecified atom stereocenters. The fraction of sp³-hybridized carbons (Fsp3) is 0.250. The third-order valence-electron chi connectivity index (χ3n) is 1.80. The van der Waals surface area contributed by atoms with Crippen LogP contribution in [0.1, 0.15) is 22.6 Å². The molecule has 0 radical (unpaired) electrons. The number of carbonyl (C=O) groups excluding carboxylic acids is 1. The van der Waals surface area contributed by atoms with Gasteiger partial charge in [-0.1, -0.05) is 0 Å². The molecule has 0 atom stereocenters. The van der Waals surface area contributed by atoms with Crippen LogP contribution in [0.25, 0.3) is 0 Å². The molecule has 0 aromatic carbocycles. The average molecular weight is 321 g/mol. The SMILES string of the molecule is O=C(Cl)c1nc(C(F)F)cc(OC(F)(F)F)c1[N+](=O)[O-]. The maximum atomic E-state index is 12.4. The van der Waals surface area contributed by atoms with Gasteiger partial charge in [0.2, 0.25) is 11.4 Å². The number of halogens is 6. The van der Waals surface area contributed by atoms with Crippen LogP contribution in [0.3, 0.4) is 0 Å². The summed E-state index contributed by atoms with van der Waals surface area (Å²) in [5.74, 6) is -1.60. The fourth-order valence-electron chi connectivity index (χ4n) is 1.16. The third-order valence-corrected chi connectivity index (χ3v) is 1.97. The van der Waals surface area contributed by atoms with Crippen LogP contribution in [0.4, 0.5) is 27.6 Å². The van der Waals surface area contributed by atoms with Crippen molar-refractivity contribution in [3.8, 4) is 5.75 Å². The molecule has 0 saturated carbocycles. The number of hydrogen-bond acceptors (Lipinski definition) is 5. The number of hydrogen-bond donors (Lipinski definition) is 0. The standard InChI is InChI=1S/C8H2ClF5N2O4/c9-6(17)4-5(16(18)19)3(20-8(12,13)14)1-2(15-4)7(10)11/h1,7H. The van der Waals surface area contributed by atoms with Crippen LogP contribution in [0.15, 0.2) is 6.07 Å². The molecule has 0 aliphatic carbocycles. The van der Waals surface area contributed by atoms with Gasteiger partial charge in [0.05, 0.1) is 4.92 Å². The fourth-order valence-corrected chi connectivity index (χ4v) is 1.29. The van der Waals surface area contributed by atoms with E-state index in [9.17, 15) is 36.9 Å². The Kier molecular flexibility index (Phi) is 4.43. The lowest BCUT2D eigenvalue weighted by molar-refractivity contribution is -0.389. The summed E-state index contributed by atoms with van der Waals surface area (Å²) in [6, 6.07) is 0.0135. The molecule has 1 heterocycles. The Labute approximate surface area is 111 Å². The normalized spacial score (nSPS) is 11.6. The maximum Gasteiger partial charge on any atom is 0.573 e. The Morgan fingerprint density at radius 1 is 1.45 bits per heavy atom. The summed E-state index contributed by atoms with van der Waals surface area (Å²) in [5, 5.41) is 8.96. The van der Waals surface area contributed by atoms with E-state index in [1.807, 2.05) is 0 Å². The van der Waals surface area contributed by atoms with E-state index in [4.69, 9.17) is 11.6 Å². The topological polar surface area (TPSA) is 82.3 Å². The number of pyridine rings is 1. The first-order valence-corrected chi connectivity index (χ1v) is 4.83. The molecule has 0 aliphatic heterocycles. The monoisotopic (exact) mass is 320 g/mol. The van der Waals surface area contributed by atoms with Crippen LogP contribution in [-0.2, 0) is 0 Å². The molecule has 0 N–H and O–H groups in total. The van der Waals surface area contributed by atoms with E-state index in [1.54, 1.807) is 0 Å². The molecule has 6 nitrogen and oxygen atoms in total. The Morgan fingerprint density at radius 3 is 2.35 bits per heavy atom. The highest BCUT2D eigenvalue weighted by Gasteiger charge is 2.38. The van der Waals surface area contributed by atoms with Crippen LogP contribution >= 0.6 is 11.6 Å². The van der Waals surface area contributed by atoms with Gasteiger partial charge in [-0.3, -0.25) is 14.9 Å². The van der Waals surface area contributed by atoms with Gasteiger partial charge in [0.1, 0.15) is 5.69 Å². The maximum absolute atomic E-state index is 12.4. The second-order valence-electron chi connectivity index (χ2n) is 3.12. The summed E-state index contributed by atoms with van der Waals surface area (Å²) in [6.45, 7) is 0. The number of carbonyl (C=O) groups is 1. The van der Waals surface area contributed by atoms with E-state index in [0.717, 1.165) is 0 Å². The van der Waals surface area contributed by atoms with Gasteiger partial charge in [0.15, 0.2) is 0 Å². The zero-order valence-corrected chi connectivity index (χ0v) is 9.71. The van der Waals surface area contributed by atoms with Crippen molar-refractivity contribution in [3.05, 3.63) is 27.6 Å². The number of nitro groups is 1. The Balaban J connectivity index is 3.59. The number of rotatable bonds is 4. The molecule has 1 rings (SSSR count). The third kappa shape index (κ3) is 3.73. The van der Waals surface area contributed by atoms with Gasteiger partial charge in [-0.2, -0.15) is 0 Å². The smallest absolute Gasteiger partial charge is 0.398 e. The molecule has 20 heavy (non-hydrogen) atoms. The lowest BCUT2D eigenvalue weighted by Gasteiger charge is -2.11. The van der Waals surface area contributed by atoms with Gasteiger partial charge in [-0.15, -0.1) is 13.2 Å². The lowest BCUT2D eigenvalue weighted by atomic mass is 10.2. The summed E-state index contributed by atoms with van der Waals surface area (Å²) in [4.78, 5) is 22.9. The van der Waals surface area contributed by atoms with Crippen molar-refractivity contribution in [1.82, 2.24) is 4.98 Å². The number of ether oxygens (including phenoxy) is 1. The lowest BCUT2D eigenvalue weighted by Crippen LogP contribution is -2.19. The van der Waals surface area contributed by atoms with Crippen LogP contribution in [0.2, 0.25) is 0 Å². The van der Waals surface area contributed by atoms with Crippen molar-refractivity contribution < 1.29 is 36.4 Å². The Morgan fingerprint density at radius 2 is 2.00 bits per heavy atom. The zero-order chi connectivity index (χ0) is 15.7. The first kappa shape index (κ1) is 16.0. The van der Waals surface area contributed by atoms with E-state index in [2.05, 4.69) is 9.72 Å². The summed E-state index contributed by atoms with van der Waals surface area (Å²) in [5.41, 5.74) is -4.24. The van der Waals surface area contributed by atoms with Crippen molar-refractivity contribution in [3.63, 3.8) is 0 Å². The average Bonchev–Trinajstić information content (AvgIpc) is 2.24. The molecule has 110 valence electrons. The minimum absolute atomic E-state index is 0.0135. The Hall–Kier alpha value is -2.04. The van der Waals surface area contributed by atoms with E-state index in [0.29, 0.717) is 0 Å². The highest BCUT2D eigenvalue weighted by atomic mass is 35.5. The second kappa shape index (κ2) is 5.53. The van der Waals surface area contributed by atoms with Gasteiger partial charge in [-0.05, 0) is 11.6 Å². The van der Waals surface area contributed by atoms with Crippen LogP contribution in [0.5, 0.6) is 5.75 Å². The molecule has 0 spiro atoms. The second-order valence-corrected chi connectivity index (χ2v) is 3.47. The minimum atomic E-state index is -5.39. The van der Waals surface area contributed by atoms with Crippen molar-refractivity contribution in [2.24, 2.45) is 0 Å². The van der Waals surface area contributed by atoms with Gasteiger partial charge in [0, 0.05) is 6.07 Å². The molecular weight excluding hydrogens is 319 g/mol. The number of aromatic nitrogens is 1. The number of nitrogens with zero attached hydrogens (tertiary/aromatic N) is 2. The highest BCUT2D eigenvalue weighted by molar-refractivity contribution is 6.68. The highest BCUT2D eigenvalue weighted by Crippen LogP contribution is 2.37. The largest absolute Gasteiger partial charge is 0.573 e. The van der Waals surface area contributed by atoms with Gasteiger partial charge >= 0.3 is 12.0 Å². The molecule has 0 fully saturated rings. The van der Waals surface area contributed by atoms with Gasteiger partial charge < -0.3 is 4.74 Å². The summed E-state index contributed by atoms with van der Waals surface area (Å²) < 4.78 is 64.4. The van der Waals surface area contributed by atoms with Crippen molar-refractivity contribution in [2.45, 2.75) is 12.8 Å². The van der Waals surface area contributed by atoms with Crippen LogP contribution in [0, 0.1) is 10.1 Å². The molecule has 0 amide bonds. The van der Waals surface area contributed by atoms with Crippen molar-refractivity contribution in [1.29, 1.82) is 0 Å². The molecule has 1 aromatic heterocycles. The summed E-state index contributed by atoms with van der Waals surface area (Å²) in [7, 11) is 0. The van der Waals surface area contributed by atoms with Gasteiger partial charge in [0.25, 0.3) is 11.7 Å². The summed E-state index contributed by atoms with van der Waals surface area (Å²) in [6.07, 6.45) is -8.78. The minimum Gasteiger partial charge on any atom is -0.398 e. The van der Waals surface area contributed by atoms with E-state index < -0.39 is 45.8 Å². The quantitative estimate of drug-likeness (QED) is 0.368. The van der Waals surface area contributed by atoms with Gasteiger partial charge in [-0.25, -0.2) is 13.8 Å².